The first-order chi connectivity index (χ1) is 18.2. The molecule has 4 aromatic rings. The molecule has 0 unspecified atom stereocenters. The topological polar surface area (TPSA) is 105 Å². The molecular formula is C28H18F3N3O4. The number of rotatable bonds is 7. The van der Waals surface area contributed by atoms with Crippen molar-refractivity contribution in [2.45, 2.75) is 12.8 Å². The zero-order valence-electron chi connectivity index (χ0n) is 19.5. The summed E-state index contributed by atoms with van der Waals surface area (Å²) in [5.41, 5.74) is -2.12. The molecule has 0 heterocycles. The minimum absolute atomic E-state index is 0.192. The number of carbonyl (C=O) groups is 1. The molecule has 0 aliphatic rings. The average molecular weight is 517 g/mol. The second kappa shape index (κ2) is 10.8. The van der Waals surface area contributed by atoms with E-state index in [1.807, 2.05) is 47.8 Å². The van der Waals surface area contributed by atoms with Crippen LogP contribution < -0.4 is 10.1 Å². The van der Waals surface area contributed by atoms with Gasteiger partial charge >= 0.3 is 6.18 Å². The van der Waals surface area contributed by atoms with Gasteiger partial charge in [-0.15, -0.1) is 0 Å². The Kier molecular flexibility index (Phi) is 7.39. The fourth-order valence-corrected chi connectivity index (χ4v) is 3.79. The number of nitriles is 1. The van der Waals surface area contributed by atoms with Crippen molar-refractivity contribution < 1.29 is 27.6 Å². The number of nitro benzene ring substituents is 1. The van der Waals surface area contributed by atoms with Crippen LogP contribution in [0.3, 0.4) is 0 Å². The van der Waals surface area contributed by atoms with E-state index in [-0.39, 0.29) is 6.61 Å². The van der Waals surface area contributed by atoms with Crippen molar-refractivity contribution >= 4 is 34.1 Å². The average Bonchev–Trinajstić information content (AvgIpc) is 2.90. The molecule has 0 aliphatic carbocycles. The molecule has 0 fully saturated rings. The molecule has 4 rings (SSSR count). The van der Waals surface area contributed by atoms with E-state index in [4.69, 9.17) is 4.74 Å². The fourth-order valence-electron chi connectivity index (χ4n) is 3.79. The maximum absolute atomic E-state index is 13.5. The number of alkyl halides is 3. The normalized spacial score (nSPS) is 11.6. The van der Waals surface area contributed by atoms with Crippen LogP contribution in [0, 0.1) is 21.4 Å². The van der Waals surface area contributed by atoms with Gasteiger partial charge in [0.1, 0.15) is 24.0 Å². The first-order valence-corrected chi connectivity index (χ1v) is 11.1. The van der Waals surface area contributed by atoms with Gasteiger partial charge in [-0.1, -0.05) is 60.7 Å². The van der Waals surface area contributed by atoms with Crippen LogP contribution in [0.4, 0.5) is 24.5 Å². The van der Waals surface area contributed by atoms with Crippen molar-refractivity contribution in [1.82, 2.24) is 0 Å². The Morgan fingerprint density at radius 3 is 2.47 bits per heavy atom. The summed E-state index contributed by atoms with van der Waals surface area (Å²) >= 11 is 0. The summed E-state index contributed by atoms with van der Waals surface area (Å²) < 4.78 is 46.4. The Balaban J connectivity index is 1.59. The molecule has 0 saturated heterocycles. The quantitative estimate of drug-likeness (QED) is 0.124. The maximum Gasteiger partial charge on any atom is 0.418 e. The van der Waals surface area contributed by atoms with Gasteiger partial charge < -0.3 is 10.1 Å². The molecule has 0 aliphatic heterocycles. The van der Waals surface area contributed by atoms with E-state index >= 15 is 0 Å². The predicted octanol–water partition coefficient (Wildman–Crippen LogP) is 6.89. The second-order valence-electron chi connectivity index (χ2n) is 8.07. The number of nitro groups is 1. The summed E-state index contributed by atoms with van der Waals surface area (Å²) in [6, 6.07) is 23.8. The third-order valence-corrected chi connectivity index (χ3v) is 5.61. The summed E-state index contributed by atoms with van der Waals surface area (Å²) in [5.74, 6) is -0.761. The number of hydrogen-bond donors (Lipinski definition) is 1. The van der Waals surface area contributed by atoms with Crippen molar-refractivity contribution in [3.63, 3.8) is 0 Å². The minimum Gasteiger partial charge on any atom is -0.488 e. The molecule has 0 radical (unpaired) electrons. The van der Waals surface area contributed by atoms with Gasteiger partial charge in [0, 0.05) is 17.7 Å². The Labute approximate surface area is 214 Å². The summed E-state index contributed by atoms with van der Waals surface area (Å²) in [6.45, 7) is 0.192. The third-order valence-electron chi connectivity index (χ3n) is 5.61. The summed E-state index contributed by atoms with van der Waals surface area (Å²) in [5, 5.41) is 24.5. The monoisotopic (exact) mass is 517 g/mol. The molecule has 1 amide bonds. The lowest BCUT2D eigenvalue weighted by atomic mass is 10.1. The predicted molar refractivity (Wildman–Crippen MR) is 135 cm³/mol. The zero-order valence-corrected chi connectivity index (χ0v) is 19.5. The largest absolute Gasteiger partial charge is 0.488 e. The summed E-state index contributed by atoms with van der Waals surface area (Å²) in [7, 11) is 0. The number of ether oxygens (including phenoxy) is 1. The van der Waals surface area contributed by atoms with Gasteiger partial charge in [0.25, 0.3) is 11.6 Å². The molecule has 38 heavy (non-hydrogen) atoms. The van der Waals surface area contributed by atoms with Crippen LogP contribution in [-0.2, 0) is 17.6 Å². The standard InChI is InChI=1S/C28H18F3N3O4/c29-28(30,31)24-15-22(34(36)37)12-13-25(24)33-27(35)21(16-32)14-19-7-2-4-11-26(19)38-17-20-9-5-8-18-6-1-3-10-23(18)20/h1-15H,17H2,(H,33,35). The highest BCUT2D eigenvalue weighted by Gasteiger charge is 2.36. The molecule has 4 aromatic carbocycles. The molecule has 0 aromatic heterocycles. The lowest BCUT2D eigenvalue weighted by Crippen LogP contribution is -2.18. The smallest absolute Gasteiger partial charge is 0.418 e. The van der Waals surface area contributed by atoms with Crippen LogP contribution in [0.5, 0.6) is 5.75 Å². The number of halogens is 3. The highest BCUT2D eigenvalue weighted by molar-refractivity contribution is 6.10. The van der Waals surface area contributed by atoms with E-state index < -0.39 is 39.5 Å². The van der Waals surface area contributed by atoms with Gasteiger partial charge in [-0.2, -0.15) is 18.4 Å². The number of hydrogen-bond acceptors (Lipinski definition) is 5. The number of nitrogens with zero attached hydrogens (tertiary/aromatic N) is 2. The first-order valence-electron chi connectivity index (χ1n) is 11.1. The van der Waals surface area contributed by atoms with Crippen molar-refractivity contribution in [1.29, 1.82) is 5.26 Å². The number of amides is 1. The number of non-ortho nitro benzene ring substituents is 1. The lowest BCUT2D eigenvalue weighted by Gasteiger charge is -2.14. The molecule has 7 nitrogen and oxygen atoms in total. The molecule has 0 saturated carbocycles. The van der Waals surface area contributed by atoms with Crippen molar-refractivity contribution in [2.24, 2.45) is 0 Å². The van der Waals surface area contributed by atoms with Crippen LogP contribution in [0.25, 0.3) is 16.8 Å². The van der Waals surface area contributed by atoms with Crippen LogP contribution in [0.15, 0.2) is 90.5 Å². The summed E-state index contributed by atoms with van der Waals surface area (Å²) in [6.07, 6.45) is -3.78. The molecule has 0 spiro atoms. The SMILES string of the molecule is N#CC(=Cc1ccccc1OCc1cccc2ccccc12)C(=O)Nc1ccc([N+](=O)[O-])cc1C(F)(F)F. The molecule has 0 atom stereocenters. The Morgan fingerprint density at radius 1 is 1.03 bits per heavy atom. The molecule has 190 valence electrons. The second-order valence-corrected chi connectivity index (χ2v) is 8.07. The Hall–Kier alpha value is -5.17. The maximum atomic E-state index is 13.5. The first kappa shape index (κ1) is 25.9. The van der Waals surface area contributed by atoms with Crippen LogP contribution >= 0.6 is 0 Å². The number of carbonyl (C=O) groups excluding carboxylic acids is 1. The Morgan fingerprint density at radius 2 is 1.74 bits per heavy atom. The van der Waals surface area contributed by atoms with E-state index in [0.717, 1.165) is 28.5 Å². The van der Waals surface area contributed by atoms with Gasteiger partial charge in [-0.05, 0) is 34.5 Å². The van der Waals surface area contributed by atoms with Crippen molar-refractivity contribution in [2.75, 3.05) is 5.32 Å². The highest BCUT2D eigenvalue weighted by atomic mass is 19.4. The van der Waals surface area contributed by atoms with E-state index in [1.165, 1.54) is 6.08 Å². The van der Waals surface area contributed by atoms with Gasteiger partial charge in [0.2, 0.25) is 0 Å². The van der Waals surface area contributed by atoms with E-state index in [1.54, 1.807) is 30.3 Å². The zero-order chi connectivity index (χ0) is 27.3. The third kappa shape index (κ3) is 5.79. The van der Waals surface area contributed by atoms with Gasteiger partial charge in [-0.25, -0.2) is 0 Å². The number of fused-ring (bicyclic) bond motifs is 1. The molecule has 10 heteroatoms. The number of benzene rings is 4. The summed E-state index contributed by atoms with van der Waals surface area (Å²) in [4.78, 5) is 22.7. The van der Waals surface area contributed by atoms with Gasteiger partial charge in [0.05, 0.1) is 16.2 Å². The van der Waals surface area contributed by atoms with E-state index in [9.17, 15) is 33.3 Å². The Bertz CT molecular complexity index is 1600. The van der Waals surface area contributed by atoms with E-state index in [0.29, 0.717) is 17.4 Å². The van der Waals surface area contributed by atoms with Gasteiger partial charge in [-0.3, -0.25) is 14.9 Å². The lowest BCUT2D eigenvalue weighted by molar-refractivity contribution is -0.385. The molecule has 1 N–H and O–H groups in total. The number of anilines is 1. The van der Waals surface area contributed by atoms with Crippen LogP contribution in [-0.4, -0.2) is 10.8 Å². The van der Waals surface area contributed by atoms with Crippen LogP contribution in [0.1, 0.15) is 16.7 Å². The van der Waals surface area contributed by atoms with Gasteiger partial charge in [0.15, 0.2) is 0 Å². The minimum atomic E-state index is -4.98. The fraction of sp³-hybridized carbons (Fsp3) is 0.0714. The van der Waals surface area contributed by atoms with E-state index in [2.05, 4.69) is 0 Å². The van der Waals surface area contributed by atoms with Crippen molar-refractivity contribution in [3.05, 3.63) is 117 Å². The number of para-hydroxylation sites is 1. The molecular weight excluding hydrogens is 499 g/mol. The molecule has 0 bridgehead atoms. The van der Waals surface area contributed by atoms with Crippen LogP contribution in [0.2, 0.25) is 0 Å². The van der Waals surface area contributed by atoms with Crippen molar-refractivity contribution in [3.8, 4) is 11.8 Å². The highest BCUT2D eigenvalue weighted by Crippen LogP contribution is 2.37. The number of nitrogens with one attached hydrogen (secondary N) is 1.